The summed E-state index contributed by atoms with van der Waals surface area (Å²) in [7, 11) is 0. The maximum Gasteiger partial charge on any atom is 0.228 e. The quantitative estimate of drug-likeness (QED) is 0.646. The molecular formula is C9H6N6Na. The Morgan fingerprint density at radius 1 is 0.750 bits per heavy atom. The molecule has 16 heavy (non-hydrogen) atoms. The van der Waals surface area contributed by atoms with Crippen molar-refractivity contribution < 1.29 is 0 Å². The van der Waals surface area contributed by atoms with Crippen molar-refractivity contribution in [2.24, 2.45) is 11.1 Å². The van der Waals surface area contributed by atoms with Crippen LogP contribution in [0.2, 0.25) is 0 Å². The normalized spacial score (nSPS) is 9.25. The zero-order chi connectivity index (χ0) is 11.9. The molecule has 0 spiro atoms. The third-order valence-corrected chi connectivity index (χ3v) is 1.87. The maximum atomic E-state index is 8.62. The predicted octanol–water partition coefficient (Wildman–Crippen LogP) is -0.312. The zero-order valence-electron chi connectivity index (χ0n) is 8.73. The minimum atomic E-state index is -1.84. The van der Waals surface area contributed by atoms with Gasteiger partial charge in [0.2, 0.25) is 5.41 Å². The van der Waals surface area contributed by atoms with Gasteiger partial charge in [-0.2, -0.15) is 26.3 Å². The minimum Gasteiger partial charge on any atom is -0.301 e. The topological polar surface area (TPSA) is 145 Å². The van der Waals surface area contributed by atoms with Crippen molar-refractivity contribution in [1.29, 1.82) is 26.3 Å². The molecule has 0 saturated carbocycles. The van der Waals surface area contributed by atoms with Crippen LogP contribution < -0.4 is 5.73 Å². The fourth-order valence-corrected chi connectivity index (χ4v) is 0.764. The predicted molar refractivity (Wildman–Crippen MR) is 52.4 cm³/mol. The standard InChI is InChI=1S/C9H6N6.Na/c10-3-8(4-11,5-12)1-2-9(15,6-13)7-14;/h1-2,15H2;. The first-order chi connectivity index (χ1) is 7.01. The Kier molecular flexibility index (Phi) is 7.17. The Morgan fingerprint density at radius 3 is 1.38 bits per heavy atom. The van der Waals surface area contributed by atoms with Crippen LogP contribution >= 0.6 is 0 Å². The average Bonchev–Trinajstić information content (AvgIpc) is 2.31. The van der Waals surface area contributed by atoms with Crippen molar-refractivity contribution in [2.75, 3.05) is 0 Å². The molecule has 0 bridgehead atoms. The molecule has 0 aromatic heterocycles. The van der Waals surface area contributed by atoms with Crippen LogP contribution in [0.1, 0.15) is 12.8 Å². The van der Waals surface area contributed by atoms with Gasteiger partial charge in [0.15, 0.2) is 5.54 Å². The molecule has 0 aliphatic heterocycles. The number of nitrogens with zero attached hydrogens (tertiary/aromatic N) is 5. The third kappa shape index (κ3) is 3.88. The molecular weight excluding hydrogens is 215 g/mol. The first kappa shape index (κ1) is 16.8. The van der Waals surface area contributed by atoms with E-state index in [-0.39, 0.29) is 42.4 Å². The van der Waals surface area contributed by atoms with Crippen LogP contribution in [0.25, 0.3) is 0 Å². The van der Waals surface area contributed by atoms with E-state index in [4.69, 9.17) is 32.0 Å². The van der Waals surface area contributed by atoms with Crippen molar-refractivity contribution in [3.63, 3.8) is 0 Å². The molecule has 0 aliphatic carbocycles. The van der Waals surface area contributed by atoms with Crippen LogP contribution in [-0.2, 0) is 0 Å². The van der Waals surface area contributed by atoms with Gasteiger partial charge >= 0.3 is 0 Å². The van der Waals surface area contributed by atoms with Crippen molar-refractivity contribution in [3.8, 4) is 30.3 Å². The van der Waals surface area contributed by atoms with E-state index in [0.29, 0.717) is 0 Å². The number of rotatable bonds is 3. The second-order valence-electron chi connectivity index (χ2n) is 2.94. The zero-order valence-corrected chi connectivity index (χ0v) is 10.7. The molecule has 6 nitrogen and oxygen atoms in total. The number of hydrogen-bond acceptors (Lipinski definition) is 6. The molecule has 2 N–H and O–H groups in total. The van der Waals surface area contributed by atoms with Crippen LogP contribution in [0.5, 0.6) is 0 Å². The van der Waals surface area contributed by atoms with E-state index in [2.05, 4.69) is 0 Å². The molecule has 0 saturated heterocycles. The summed E-state index contributed by atoms with van der Waals surface area (Å²) < 4.78 is 0. The Balaban J connectivity index is 0. The van der Waals surface area contributed by atoms with Gasteiger partial charge in [0.25, 0.3) is 0 Å². The van der Waals surface area contributed by atoms with Crippen LogP contribution in [0.15, 0.2) is 0 Å². The monoisotopic (exact) mass is 221 g/mol. The largest absolute Gasteiger partial charge is 0.301 e. The van der Waals surface area contributed by atoms with Crippen LogP contribution in [-0.4, -0.2) is 35.1 Å². The van der Waals surface area contributed by atoms with Crippen molar-refractivity contribution in [1.82, 2.24) is 0 Å². The molecule has 1 radical (unpaired) electrons. The van der Waals surface area contributed by atoms with Crippen LogP contribution in [0.4, 0.5) is 0 Å². The summed E-state index contributed by atoms with van der Waals surface area (Å²) in [6, 6.07) is 7.74. The molecule has 0 unspecified atom stereocenters. The first-order valence-electron chi connectivity index (χ1n) is 3.86. The second kappa shape index (κ2) is 6.81. The molecule has 0 amide bonds. The molecule has 0 fully saturated rings. The summed E-state index contributed by atoms with van der Waals surface area (Å²) in [4.78, 5) is 0. The Labute approximate surface area is 115 Å². The van der Waals surface area contributed by atoms with Crippen molar-refractivity contribution in [2.45, 2.75) is 18.4 Å². The van der Waals surface area contributed by atoms with Crippen LogP contribution in [0, 0.1) is 62.1 Å². The number of nitriles is 5. The van der Waals surface area contributed by atoms with Gasteiger partial charge in [0.1, 0.15) is 30.3 Å². The summed E-state index contributed by atoms with van der Waals surface area (Å²) in [5.41, 5.74) is 1.73. The SMILES string of the molecule is N#CC(N)(C#N)CCC(C#N)(C#N)C#N.[Na]. The van der Waals surface area contributed by atoms with Gasteiger partial charge in [-0.15, -0.1) is 0 Å². The van der Waals surface area contributed by atoms with Gasteiger partial charge in [-0.3, -0.25) is 0 Å². The second-order valence-corrected chi connectivity index (χ2v) is 2.94. The van der Waals surface area contributed by atoms with E-state index in [1.807, 2.05) is 0 Å². The van der Waals surface area contributed by atoms with Gasteiger partial charge < -0.3 is 5.73 Å². The molecule has 7 heteroatoms. The molecule has 73 valence electrons. The van der Waals surface area contributed by atoms with E-state index in [1.54, 1.807) is 12.1 Å². The third-order valence-electron chi connectivity index (χ3n) is 1.87. The summed E-state index contributed by atoms with van der Waals surface area (Å²) in [5.74, 6) is 0. The summed E-state index contributed by atoms with van der Waals surface area (Å²) in [6.07, 6.45) is -0.428. The molecule has 0 heterocycles. The fourth-order valence-electron chi connectivity index (χ4n) is 0.764. The Morgan fingerprint density at radius 2 is 1.12 bits per heavy atom. The minimum absolute atomic E-state index is 0. The molecule has 0 aliphatic rings. The Bertz CT molecular complexity index is 399. The van der Waals surface area contributed by atoms with Gasteiger partial charge in [-0.1, -0.05) is 0 Å². The number of nitrogens with two attached hydrogens (primary N) is 1. The van der Waals surface area contributed by atoms with Gasteiger partial charge in [-0.05, 0) is 12.8 Å². The van der Waals surface area contributed by atoms with Crippen LogP contribution in [0.3, 0.4) is 0 Å². The average molecular weight is 221 g/mol. The fraction of sp³-hybridized carbons (Fsp3) is 0.444. The molecule has 0 rings (SSSR count). The molecule has 0 atom stereocenters. The van der Waals surface area contributed by atoms with E-state index in [1.165, 1.54) is 18.2 Å². The van der Waals surface area contributed by atoms with E-state index < -0.39 is 11.0 Å². The molecule has 0 aromatic rings. The number of hydrogen-bond donors (Lipinski definition) is 1. The summed E-state index contributed by atoms with van der Waals surface area (Å²) in [5, 5.41) is 43.0. The van der Waals surface area contributed by atoms with Crippen molar-refractivity contribution >= 4 is 29.6 Å². The summed E-state index contributed by atoms with van der Waals surface area (Å²) in [6.45, 7) is 0. The maximum absolute atomic E-state index is 8.62. The molecule has 0 aromatic carbocycles. The Hall–Kier alpha value is -1.59. The van der Waals surface area contributed by atoms with Gasteiger partial charge in [0.05, 0.1) is 0 Å². The summed E-state index contributed by atoms with van der Waals surface area (Å²) >= 11 is 0. The van der Waals surface area contributed by atoms with Crippen molar-refractivity contribution in [3.05, 3.63) is 0 Å². The van der Waals surface area contributed by atoms with E-state index in [0.717, 1.165) is 0 Å². The van der Waals surface area contributed by atoms with Gasteiger partial charge in [-0.25, -0.2) is 0 Å². The van der Waals surface area contributed by atoms with Gasteiger partial charge in [0, 0.05) is 29.6 Å². The van der Waals surface area contributed by atoms with E-state index >= 15 is 0 Å². The van der Waals surface area contributed by atoms with E-state index in [9.17, 15) is 0 Å². The first-order valence-corrected chi connectivity index (χ1v) is 3.86. The smallest absolute Gasteiger partial charge is 0.228 e.